The highest BCUT2D eigenvalue weighted by Crippen LogP contribution is 2.23. The van der Waals surface area contributed by atoms with Crippen LogP contribution in [0.5, 0.6) is 5.75 Å². The topological polar surface area (TPSA) is 61.9 Å². The van der Waals surface area contributed by atoms with Crippen LogP contribution in [0.4, 0.5) is 0 Å². The van der Waals surface area contributed by atoms with Crippen molar-refractivity contribution < 1.29 is 14.3 Å². The Morgan fingerprint density at radius 3 is 2.57 bits per heavy atom. The molecule has 2 fully saturated rings. The molecule has 0 spiro atoms. The molecular weight excluding hydrogens is 354 g/mol. The van der Waals surface area contributed by atoms with Crippen LogP contribution in [0.3, 0.4) is 0 Å². The Bertz CT molecular complexity index is 656. The van der Waals surface area contributed by atoms with Crippen LogP contribution in [0.2, 0.25) is 0 Å². The van der Waals surface area contributed by atoms with Gasteiger partial charge in [-0.25, -0.2) is 0 Å². The lowest BCUT2D eigenvalue weighted by atomic mass is 10.0. The summed E-state index contributed by atoms with van der Waals surface area (Å²) in [5.74, 6) is 0.914. The van der Waals surface area contributed by atoms with Crippen LogP contribution >= 0.6 is 0 Å². The first kappa shape index (κ1) is 20.6. The maximum Gasteiger partial charge on any atom is 0.237 e. The number of amides is 2. The summed E-state index contributed by atoms with van der Waals surface area (Å²) in [6.45, 7) is 6.18. The Kier molecular flexibility index (Phi) is 7.71. The predicted octanol–water partition coefficient (Wildman–Crippen LogP) is 2.57. The summed E-state index contributed by atoms with van der Waals surface area (Å²) in [4.78, 5) is 29.6. The number of piperazine rings is 1. The molecule has 1 aromatic rings. The van der Waals surface area contributed by atoms with Gasteiger partial charge in [-0.1, -0.05) is 37.5 Å². The van der Waals surface area contributed by atoms with Gasteiger partial charge in [0.2, 0.25) is 11.8 Å². The Balaban J connectivity index is 1.68. The summed E-state index contributed by atoms with van der Waals surface area (Å²) in [6.07, 6.45) is 6.02. The number of ether oxygens (including phenoxy) is 1. The van der Waals surface area contributed by atoms with Gasteiger partial charge < -0.3 is 15.0 Å². The molecule has 0 radical (unpaired) electrons. The summed E-state index contributed by atoms with van der Waals surface area (Å²) < 4.78 is 5.74. The zero-order valence-electron chi connectivity index (χ0n) is 17.0. The fourth-order valence-corrected chi connectivity index (χ4v) is 4.11. The third-order valence-corrected chi connectivity index (χ3v) is 5.66. The minimum Gasteiger partial charge on any atom is -0.494 e. The Morgan fingerprint density at radius 2 is 1.82 bits per heavy atom. The van der Waals surface area contributed by atoms with E-state index in [4.69, 9.17) is 4.74 Å². The molecule has 2 aliphatic rings. The fourth-order valence-electron chi connectivity index (χ4n) is 4.11. The summed E-state index contributed by atoms with van der Waals surface area (Å²) in [5, 5.41) is 2.94. The zero-order valence-corrected chi connectivity index (χ0v) is 17.0. The molecule has 1 unspecified atom stereocenters. The molecule has 1 atom stereocenters. The van der Waals surface area contributed by atoms with Crippen LogP contribution < -0.4 is 10.1 Å². The van der Waals surface area contributed by atoms with Crippen molar-refractivity contribution in [2.24, 2.45) is 0 Å². The molecule has 1 aromatic carbocycles. The van der Waals surface area contributed by atoms with E-state index >= 15 is 0 Å². The maximum atomic E-state index is 12.9. The molecule has 2 heterocycles. The third-order valence-electron chi connectivity index (χ3n) is 5.66. The summed E-state index contributed by atoms with van der Waals surface area (Å²) in [6, 6.07) is 7.53. The molecule has 154 valence electrons. The van der Waals surface area contributed by atoms with E-state index < -0.39 is 6.04 Å². The number of rotatable bonds is 6. The lowest BCUT2D eigenvalue weighted by Gasteiger charge is -2.36. The highest BCUT2D eigenvalue weighted by Gasteiger charge is 2.33. The Morgan fingerprint density at radius 1 is 1.11 bits per heavy atom. The van der Waals surface area contributed by atoms with E-state index in [0.29, 0.717) is 19.7 Å². The first-order valence-electron chi connectivity index (χ1n) is 10.7. The predicted molar refractivity (Wildman–Crippen MR) is 109 cm³/mol. The molecule has 0 aromatic heterocycles. The van der Waals surface area contributed by atoms with Crippen molar-refractivity contribution in [3.63, 3.8) is 0 Å². The second kappa shape index (κ2) is 10.5. The van der Waals surface area contributed by atoms with Crippen LogP contribution in [0.15, 0.2) is 24.3 Å². The largest absolute Gasteiger partial charge is 0.494 e. The van der Waals surface area contributed by atoms with Crippen LogP contribution in [0.25, 0.3) is 0 Å². The SMILES string of the molecule is CCOc1ccccc1CN1CCNC(=O)C1CC(=O)N1CCCCCCC1. The van der Waals surface area contributed by atoms with E-state index in [0.717, 1.165) is 43.8 Å². The van der Waals surface area contributed by atoms with Crippen molar-refractivity contribution in [3.8, 4) is 5.75 Å². The van der Waals surface area contributed by atoms with E-state index in [1.807, 2.05) is 36.1 Å². The molecule has 2 amide bonds. The molecule has 0 saturated carbocycles. The zero-order chi connectivity index (χ0) is 19.8. The number of hydrogen-bond donors (Lipinski definition) is 1. The van der Waals surface area contributed by atoms with Crippen LogP contribution in [0, 0.1) is 0 Å². The molecule has 2 aliphatic heterocycles. The standard InChI is InChI=1S/C22H33N3O3/c1-2-28-20-11-7-6-10-18(20)17-25-15-12-23-22(27)19(25)16-21(26)24-13-8-4-3-5-9-14-24/h6-7,10-11,19H,2-5,8-9,12-17H2,1H3,(H,23,27). The first-order valence-corrected chi connectivity index (χ1v) is 10.7. The van der Waals surface area contributed by atoms with Gasteiger partial charge in [0.05, 0.1) is 19.1 Å². The van der Waals surface area contributed by atoms with E-state index in [2.05, 4.69) is 10.2 Å². The quantitative estimate of drug-likeness (QED) is 0.815. The van der Waals surface area contributed by atoms with Crippen LogP contribution in [0.1, 0.15) is 51.0 Å². The number of nitrogens with one attached hydrogen (secondary N) is 1. The van der Waals surface area contributed by atoms with Gasteiger partial charge in [0.1, 0.15) is 5.75 Å². The number of carbonyl (C=O) groups is 2. The molecule has 2 saturated heterocycles. The summed E-state index contributed by atoms with van der Waals surface area (Å²) >= 11 is 0. The second-order valence-corrected chi connectivity index (χ2v) is 7.67. The molecule has 28 heavy (non-hydrogen) atoms. The van der Waals surface area contributed by atoms with Crippen molar-refractivity contribution in [1.29, 1.82) is 0 Å². The highest BCUT2D eigenvalue weighted by atomic mass is 16.5. The van der Waals surface area contributed by atoms with Crippen molar-refractivity contribution in [2.45, 2.75) is 58.0 Å². The third kappa shape index (κ3) is 5.47. The molecule has 3 rings (SSSR count). The van der Waals surface area contributed by atoms with Gasteiger partial charge in [-0.3, -0.25) is 14.5 Å². The highest BCUT2D eigenvalue weighted by molar-refractivity contribution is 5.88. The number of nitrogens with zero attached hydrogens (tertiary/aromatic N) is 2. The van der Waals surface area contributed by atoms with E-state index in [-0.39, 0.29) is 18.2 Å². The van der Waals surface area contributed by atoms with Gasteiger partial charge in [0.15, 0.2) is 0 Å². The van der Waals surface area contributed by atoms with Crippen molar-refractivity contribution in [3.05, 3.63) is 29.8 Å². The van der Waals surface area contributed by atoms with Crippen LogP contribution in [-0.4, -0.2) is 60.4 Å². The smallest absolute Gasteiger partial charge is 0.237 e. The number of likely N-dealkylation sites (tertiary alicyclic amines) is 1. The van der Waals surface area contributed by atoms with E-state index in [1.165, 1.54) is 19.3 Å². The van der Waals surface area contributed by atoms with Gasteiger partial charge in [0, 0.05) is 38.3 Å². The van der Waals surface area contributed by atoms with Crippen LogP contribution in [-0.2, 0) is 16.1 Å². The van der Waals surface area contributed by atoms with Crippen molar-refractivity contribution >= 4 is 11.8 Å². The number of hydrogen-bond acceptors (Lipinski definition) is 4. The van der Waals surface area contributed by atoms with E-state index in [9.17, 15) is 9.59 Å². The van der Waals surface area contributed by atoms with Gasteiger partial charge in [-0.15, -0.1) is 0 Å². The maximum absolute atomic E-state index is 12.9. The van der Waals surface area contributed by atoms with Gasteiger partial charge in [-0.05, 0) is 25.8 Å². The van der Waals surface area contributed by atoms with Gasteiger partial charge in [-0.2, -0.15) is 0 Å². The monoisotopic (exact) mass is 387 g/mol. The molecular formula is C22H33N3O3. The number of carbonyl (C=O) groups excluding carboxylic acids is 2. The normalized spacial score (nSPS) is 21.5. The number of benzene rings is 1. The Labute approximate surface area is 168 Å². The average Bonchev–Trinajstić information content (AvgIpc) is 2.66. The Hall–Kier alpha value is -2.08. The van der Waals surface area contributed by atoms with Crippen molar-refractivity contribution in [2.75, 3.05) is 32.8 Å². The minimum atomic E-state index is -0.415. The molecule has 1 N–H and O–H groups in total. The molecule has 0 aliphatic carbocycles. The van der Waals surface area contributed by atoms with E-state index in [1.54, 1.807) is 0 Å². The number of para-hydroxylation sites is 1. The first-order chi connectivity index (χ1) is 13.7. The summed E-state index contributed by atoms with van der Waals surface area (Å²) in [7, 11) is 0. The lowest BCUT2D eigenvalue weighted by Crippen LogP contribution is -2.56. The second-order valence-electron chi connectivity index (χ2n) is 7.67. The molecule has 6 heteroatoms. The average molecular weight is 388 g/mol. The minimum absolute atomic E-state index is 0.0412. The van der Waals surface area contributed by atoms with Crippen molar-refractivity contribution in [1.82, 2.24) is 15.1 Å². The van der Waals surface area contributed by atoms with Gasteiger partial charge >= 0.3 is 0 Å². The van der Waals surface area contributed by atoms with Gasteiger partial charge in [0.25, 0.3) is 0 Å². The summed E-state index contributed by atoms with van der Waals surface area (Å²) in [5.41, 5.74) is 1.06. The lowest BCUT2D eigenvalue weighted by molar-refractivity contribution is -0.139. The molecule has 6 nitrogen and oxygen atoms in total. The molecule has 0 bridgehead atoms. The fraction of sp³-hybridized carbons (Fsp3) is 0.636.